The second kappa shape index (κ2) is 9.05. The van der Waals surface area contributed by atoms with E-state index in [2.05, 4.69) is 10.6 Å². The third-order valence-electron chi connectivity index (χ3n) is 4.23. The Balaban J connectivity index is 1.49. The van der Waals surface area contributed by atoms with Crippen LogP contribution >= 0.6 is 0 Å². The molecule has 0 aliphatic rings. The highest BCUT2D eigenvalue weighted by atomic mass is 16.5. The lowest BCUT2D eigenvalue weighted by molar-refractivity contribution is -0.118. The van der Waals surface area contributed by atoms with Crippen molar-refractivity contribution in [2.75, 3.05) is 5.32 Å². The Bertz CT molecular complexity index is 830. The third kappa shape index (κ3) is 5.46. The van der Waals surface area contributed by atoms with E-state index < -0.39 is 0 Å². The molecule has 3 rings (SSSR count). The van der Waals surface area contributed by atoms with Crippen molar-refractivity contribution in [3.8, 4) is 5.75 Å². The van der Waals surface area contributed by atoms with E-state index in [0.29, 0.717) is 6.61 Å². The monoisotopic (exact) mass is 364 g/mol. The molecule has 0 spiro atoms. The molecule has 27 heavy (non-hydrogen) atoms. The Morgan fingerprint density at radius 1 is 1.00 bits per heavy atom. The van der Waals surface area contributed by atoms with Crippen molar-refractivity contribution in [1.82, 2.24) is 5.32 Å². The van der Waals surface area contributed by atoms with Gasteiger partial charge in [0, 0.05) is 5.69 Å². The smallest absolute Gasteiger partial charge is 0.241 e. The van der Waals surface area contributed by atoms with Crippen LogP contribution in [0.5, 0.6) is 5.75 Å². The Hall–Kier alpha value is -3.05. The fourth-order valence-electron chi connectivity index (χ4n) is 2.70. The predicted molar refractivity (Wildman–Crippen MR) is 106 cm³/mol. The molecule has 0 aliphatic carbocycles. The van der Waals surface area contributed by atoms with Crippen molar-refractivity contribution in [1.29, 1.82) is 0 Å². The van der Waals surface area contributed by atoms with Gasteiger partial charge in [-0.25, -0.2) is 0 Å². The number of hydrogen-bond donors (Lipinski definition) is 2. The highest BCUT2D eigenvalue weighted by molar-refractivity contribution is 5.94. The van der Waals surface area contributed by atoms with Crippen LogP contribution in [0.1, 0.15) is 31.2 Å². The Morgan fingerprint density at radius 2 is 1.74 bits per heavy atom. The van der Waals surface area contributed by atoms with Crippen molar-refractivity contribution in [2.24, 2.45) is 0 Å². The van der Waals surface area contributed by atoms with Crippen LogP contribution in [0.2, 0.25) is 0 Å². The molecule has 0 aliphatic heterocycles. The maximum atomic E-state index is 12.4. The number of carbonyl (C=O) groups is 1. The fraction of sp³-hybridized carbons (Fsp3) is 0.227. The molecule has 1 heterocycles. The maximum absolute atomic E-state index is 12.4. The molecule has 5 heteroatoms. The van der Waals surface area contributed by atoms with Crippen LogP contribution < -0.4 is 15.4 Å². The molecular formula is C22H24N2O3. The fourth-order valence-corrected chi connectivity index (χ4v) is 2.70. The predicted octanol–water partition coefficient (Wildman–Crippen LogP) is 4.54. The molecule has 0 saturated heterocycles. The summed E-state index contributed by atoms with van der Waals surface area (Å²) < 4.78 is 11.1. The Morgan fingerprint density at radius 3 is 2.41 bits per heavy atom. The topological polar surface area (TPSA) is 63.5 Å². The van der Waals surface area contributed by atoms with E-state index >= 15 is 0 Å². The molecule has 0 fully saturated rings. The van der Waals surface area contributed by atoms with Gasteiger partial charge in [-0.05, 0) is 55.8 Å². The average molecular weight is 364 g/mol. The zero-order valence-electron chi connectivity index (χ0n) is 15.5. The third-order valence-corrected chi connectivity index (χ3v) is 4.23. The van der Waals surface area contributed by atoms with E-state index in [-0.39, 0.29) is 18.0 Å². The Kier molecular flexibility index (Phi) is 6.28. The second-order valence-electron chi connectivity index (χ2n) is 6.41. The molecule has 2 atom stereocenters. The molecule has 0 bridgehead atoms. The van der Waals surface area contributed by atoms with Gasteiger partial charge in [0.15, 0.2) is 0 Å². The maximum Gasteiger partial charge on any atom is 0.241 e. The number of hydrogen-bond acceptors (Lipinski definition) is 4. The number of carbonyl (C=O) groups excluding carboxylic acids is 1. The van der Waals surface area contributed by atoms with Gasteiger partial charge in [0.2, 0.25) is 5.91 Å². The van der Waals surface area contributed by atoms with Crippen molar-refractivity contribution < 1.29 is 13.9 Å². The molecule has 0 radical (unpaired) electrons. The van der Waals surface area contributed by atoms with Gasteiger partial charge >= 0.3 is 0 Å². The first-order valence-electron chi connectivity index (χ1n) is 8.99. The standard InChI is InChI=1S/C22H24N2O3/c1-16(21-9-6-14-26-21)23-17(2)22(25)24-19-10-12-20(13-11-19)27-15-18-7-4-3-5-8-18/h3-14,16-17,23H,15H2,1-2H3,(H,24,25)/t16-,17-/m1/s1. The van der Waals surface area contributed by atoms with Crippen molar-refractivity contribution >= 4 is 11.6 Å². The van der Waals surface area contributed by atoms with Gasteiger partial charge in [0.1, 0.15) is 18.1 Å². The first-order chi connectivity index (χ1) is 13.1. The summed E-state index contributed by atoms with van der Waals surface area (Å²) in [5.74, 6) is 1.45. The quantitative estimate of drug-likeness (QED) is 0.616. The van der Waals surface area contributed by atoms with Gasteiger partial charge in [0.05, 0.1) is 18.3 Å². The number of anilines is 1. The molecule has 0 unspecified atom stereocenters. The van der Waals surface area contributed by atoms with Crippen LogP contribution in [-0.4, -0.2) is 11.9 Å². The van der Waals surface area contributed by atoms with Crippen LogP contribution in [0.15, 0.2) is 77.4 Å². The summed E-state index contributed by atoms with van der Waals surface area (Å²) in [6.07, 6.45) is 1.62. The van der Waals surface area contributed by atoms with Crippen LogP contribution in [0.4, 0.5) is 5.69 Å². The minimum absolute atomic E-state index is 0.0467. The number of benzene rings is 2. The van der Waals surface area contributed by atoms with Gasteiger partial charge in [-0.2, -0.15) is 0 Å². The summed E-state index contributed by atoms with van der Waals surface area (Å²) in [5, 5.41) is 6.13. The summed E-state index contributed by atoms with van der Waals surface area (Å²) in [5.41, 5.74) is 1.84. The molecule has 2 aromatic carbocycles. The average Bonchev–Trinajstić information content (AvgIpc) is 3.23. The molecule has 0 saturated carbocycles. The molecule has 3 aromatic rings. The van der Waals surface area contributed by atoms with E-state index in [9.17, 15) is 4.79 Å². The van der Waals surface area contributed by atoms with Crippen LogP contribution in [-0.2, 0) is 11.4 Å². The number of amides is 1. The molecule has 1 aromatic heterocycles. The van der Waals surface area contributed by atoms with E-state index in [1.165, 1.54) is 0 Å². The molecule has 1 amide bonds. The number of nitrogens with one attached hydrogen (secondary N) is 2. The first-order valence-corrected chi connectivity index (χ1v) is 8.99. The summed E-state index contributed by atoms with van der Waals surface area (Å²) in [6.45, 7) is 4.30. The van der Waals surface area contributed by atoms with Gasteiger partial charge in [-0.1, -0.05) is 30.3 Å². The summed E-state index contributed by atoms with van der Waals surface area (Å²) in [7, 11) is 0. The molecule has 5 nitrogen and oxygen atoms in total. The van der Waals surface area contributed by atoms with E-state index in [1.807, 2.05) is 80.6 Å². The zero-order valence-corrected chi connectivity index (χ0v) is 15.5. The van der Waals surface area contributed by atoms with Crippen LogP contribution in [0, 0.1) is 0 Å². The van der Waals surface area contributed by atoms with Gasteiger partial charge in [0.25, 0.3) is 0 Å². The minimum Gasteiger partial charge on any atom is -0.489 e. The van der Waals surface area contributed by atoms with E-state index in [0.717, 1.165) is 22.8 Å². The summed E-state index contributed by atoms with van der Waals surface area (Å²) in [4.78, 5) is 12.4. The zero-order chi connectivity index (χ0) is 19.1. The number of rotatable bonds is 8. The molecular weight excluding hydrogens is 340 g/mol. The van der Waals surface area contributed by atoms with E-state index in [4.69, 9.17) is 9.15 Å². The lowest BCUT2D eigenvalue weighted by atomic mass is 10.2. The number of furan rings is 1. The van der Waals surface area contributed by atoms with Crippen LogP contribution in [0.25, 0.3) is 0 Å². The van der Waals surface area contributed by atoms with Crippen LogP contribution in [0.3, 0.4) is 0 Å². The van der Waals surface area contributed by atoms with Crippen molar-refractivity contribution in [3.05, 3.63) is 84.3 Å². The van der Waals surface area contributed by atoms with Gasteiger partial charge in [-0.15, -0.1) is 0 Å². The highest BCUT2D eigenvalue weighted by Crippen LogP contribution is 2.18. The highest BCUT2D eigenvalue weighted by Gasteiger charge is 2.17. The SMILES string of the molecule is C[C@@H](N[C@H](C)c1ccco1)C(=O)Nc1ccc(OCc2ccccc2)cc1. The summed E-state index contributed by atoms with van der Waals surface area (Å²) >= 11 is 0. The molecule has 2 N–H and O–H groups in total. The lowest BCUT2D eigenvalue weighted by Crippen LogP contribution is -2.39. The normalized spacial score (nSPS) is 13.0. The van der Waals surface area contributed by atoms with Crippen molar-refractivity contribution in [2.45, 2.75) is 32.5 Å². The Labute approximate surface area is 159 Å². The number of ether oxygens (including phenoxy) is 1. The largest absolute Gasteiger partial charge is 0.489 e. The van der Waals surface area contributed by atoms with E-state index in [1.54, 1.807) is 6.26 Å². The van der Waals surface area contributed by atoms with Gasteiger partial charge < -0.3 is 14.5 Å². The first kappa shape index (κ1) is 18.7. The minimum atomic E-state index is -0.362. The summed E-state index contributed by atoms with van der Waals surface area (Å²) in [6, 6.07) is 20.7. The lowest BCUT2D eigenvalue weighted by Gasteiger charge is -2.18. The van der Waals surface area contributed by atoms with Gasteiger partial charge in [-0.3, -0.25) is 10.1 Å². The van der Waals surface area contributed by atoms with Crippen molar-refractivity contribution in [3.63, 3.8) is 0 Å². The second-order valence-corrected chi connectivity index (χ2v) is 6.41. The molecule has 140 valence electrons.